The van der Waals surface area contributed by atoms with E-state index >= 15 is 0 Å². The number of amides is 1. The molecule has 0 heterocycles. The third-order valence-electron chi connectivity index (χ3n) is 4.10. The Morgan fingerprint density at radius 3 is 1.80 bits per heavy atom. The van der Waals surface area contributed by atoms with E-state index in [1.165, 1.54) is 57.8 Å². The molecule has 25 heavy (non-hydrogen) atoms. The third kappa shape index (κ3) is 23.7. The molecule has 0 unspecified atom stereocenters. The molecule has 2 N–H and O–H groups in total. The molecule has 0 fully saturated rings. The van der Waals surface area contributed by atoms with Gasteiger partial charge in [-0.1, -0.05) is 70.4 Å². The van der Waals surface area contributed by atoms with Crippen LogP contribution in [0.4, 0.5) is 0 Å². The molecular formula is C20H38NNaO3. The van der Waals surface area contributed by atoms with Crippen molar-refractivity contribution < 1.29 is 14.7 Å². The fourth-order valence-electron chi connectivity index (χ4n) is 2.62. The summed E-state index contributed by atoms with van der Waals surface area (Å²) in [6.07, 6.45) is 21.1. The van der Waals surface area contributed by atoms with E-state index < -0.39 is 5.97 Å². The molecular weight excluding hydrogens is 325 g/mol. The van der Waals surface area contributed by atoms with Gasteiger partial charge in [0.05, 0.1) is 0 Å². The minimum absolute atomic E-state index is 0. The Bertz CT molecular complexity index is 346. The number of carboxylic acids is 1. The topological polar surface area (TPSA) is 66.4 Å². The summed E-state index contributed by atoms with van der Waals surface area (Å²) in [6.45, 7) is 1.98. The van der Waals surface area contributed by atoms with Crippen molar-refractivity contribution in [3.8, 4) is 0 Å². The van der Waals surface area contributed by atoms with Gasteiger partial charge in [0.25, 0.3) is 0 Å². The number of unbranched alkanes of at least 4 members (excludes halogenated alkanes) is 11. The van der Waals surface area contributed by atoms with Crippen molar-refractivity contribution in [1.29, 1.82) is 0 Å². The molecule has 0 aliphatic heterocycles. The first-order valence-electron chi connectivity index (χ1n) is 9.80. The average molecular weight is 364 g/mol. The molecule has 0 aromatic heterocycles. The van der Waals surface area contributed by atoms with Crippen LogP contribution in [-0.2, 0) is 9.59 Å². The molecule has 0 radical (unpaired) electrons. The standard InChI is InChI=1S/C20H37NO3.Na.H/c1-2-3-4-5-6-7-8-9-10-11-12-13-14-15-16-17-19(22)21-18-20(23)24;;/h9-10H,2-8,11-18H2,1H3,(H,21,22)(H,23,24);;/b10-9-;;. The average Bonchev–Trinajstić information content (AvgIpc) is 2.56. The molecule has 1 amide bonds. The molecule has 0 spiro atoms. The molecule has 0 aromatic carbocycles. The monoisotopic (exact) mass is 363 g/mol. The fraction of sp³-hybridized carbons (Fsp3) is 0.800. The molecule has 0 aliphatic rings. The summed E-state index contributed by atoms with van der Waals surface area (Å²) >= 11 is 0. The summed E-state index contributed by atoms with van der Waals surface area (Å²) in [5, 5.41) is 10.8. The predicted molar refractivity (Wildman–Crippen MR) is 107 cm³/mol. The molecule has 4 nitrogen and oxygen atoms in total. The number of allylic oxidation sites excluding steroid dienone is 2. The number of hydrogen-bond acceptors (Lipinski definition) is 2. The van der Waals surface area contributed by atoms with Crippen molar-refractivity contribution in [2.45, 2.75) is 96.8 Å². The summed E-state index contributed by atoms with van der Waals surface area (Å²) < 4.78 is 0. The van der Waals surface area contributed by atoms with Crippen LogP contribution in [0.5, 0.6) is 0 Å². The predicted octanol–water partition coefficient (Wildman–Crippen LogP) is 4.58. The Kier molecular flexibility index (Phi) is 23.4. The van der Waals surface area contributed by atoms with Crippen molar-refractivity contribution in [3.63, 3.8) is 0 Å². The van der Waals surface area contributed by atoms with Gasteiger partial charge in [-0.05, 0) is 32.1 Å². The SMILES string of the molecule is CCCCCCCC/C=C\CCCCCCCC(=O)NCC(=O)O.[NaH]. The van der Waals surface area contributed by atoms with Gasteiger partial charge in [-0.2, -0.15) is 0 Å². The van der Waals surface area contributed by atoms with E-state index in [0.717, 1.165) is 25.7 Å². The second kappa shape index (κ2) is 21.7. The number of rotatable bonds is 17. The van der Waals surface area contributed by atoms with Crippen LogP contribution in [0.25, 0.3) is 0 Å². The molecule has 0 aliphatic carbocycles. The normalized spacial score (nSPS) is 10.6. The van der Waals surface area contributed by atoms with Gasteiger partial charge in [0.15, 0.2) is 0 Å². The summed E-state index contributed by atoms with van der Waals surface area (Å²) in [7, 11) is 0. The first kappa shape index (κ1) is 26.9. The number of hydrogen-bond donors (Lipinski definition) is 2. The summed E-state index contributed by atoms with van der Waals surface area (Å²) in [5.41, 5.74) is 0. The second-order valence-electron chi connectivity index (χ2n) is 6.50. The Balaban J connectivity index is 0. The van der Waals surface area contributed by atoms with Crippen LogP contribution < -0.4 is 5.32 Å². The zero-order valence-corrected chi connectivity index (χ0v) is 15.5. The number of carbonyl (C=O) groups is 2. The molecule has 0 saturated carbocycles. The molecule has 0 bridgehead atoms. The van der Waals surface area contributed by atoms with Crippen LogP contribution in [-0.4, -0.2) is 53.1 Å². The quantitative estimate of drug-likeness (QED) is 0.226. The maximum absolute atomic E-state index is 11.3. The van der Waals surface area contributed by atoms with Crippen LogP contribution in [0.2, 0.25) is 0 Å². The van der Waals surface area contributed by atoms with Crippen molar-refractivity contribution in [1.82, 2.24) is 5.32 Å². The van der Waals surface area contributed by atoms with E-state index in [9.17, 15) is 9.59 Å². The van der Waals surface area contributed by atoms with Gasteiger partial charge in [0, 0.05) is 6.42 Å². The third-order valence-corrected chi connectivity index (χ3v) is 4.10. The van der Waals surface area contributed by atoms with Crippen LogP contribution in [0.3, 0.4) is 0 Å². The molecule has 5 heteroatoms. The Morgan fingerprint density at radius 1 is 0.800 bits per heavy atom. The van der Waals surface area contributed by atoms with Crippen molar-refractivity contribution in [2.24, 2.45) is 0 Å². The van der Waals surface area contributed by atoms with Crippen LogP contribution in [0.1, 0.15) is 96.8 Å². The second-order valence-corrected chi connectivity index (χ2v) is 6.50. The molecule has 0 aromatic rings. The first-order valence-corrected chi connectivity index (χ1v) is 9.80. The summed E-state index contributed by atoms with van der Waals surface area (Å²) in [5.74, 6) is -1.15. The van der Waals surface area contributed by atoms with E-state index in [-0.39, 0.29) is 42.0 Å². The molecule has 0 atom stereocenters. The molecule has 142 valence electrons. The van der Waals surface area contributed by atoms with Crippen LogP contribution in [0.15, 0.2) is 12.2 Å². The summed E-state index contributed by atoms with van der Waals surface area (Å²) in [4.78, 5) is 21.6. The van der Waals surface area contributed by atoms with Crippen molar-refractivity contribution in [2.75, 3.05) is 6.54 Å². The zero-order valence-electron chi connectivity index (χ0n) is 15.5. The Hall–Kier alpha value is -0.320. The number of nitrogens with one attached hydrogen (secondary N) is 1. The van der Waals surface area contributed by atoms with Gasteiger partial charge in [-0.15, -0.1) is 0 Å². The Morgan fingerprint density at radius 2 is 1.28 bits per heavy atom. The fourth-order valence-corrected chi connectivity index (χ4v) is 2.62. The van der Waals surface area contributed by atoms with Crippen molar-refractivity contribution in [3.05, 3.63) is 12.2 Å². The van der Waals surface area contributed by atoms with Crippen LogP contribution in [0, 0.1) is 0 Å². The number of carbonyl (C=O) groups excluding carboxylic acids is 1. The first-order chi connectivity index (χ1) is 11.7. The van der Waals surface area contributed by atoms with Gasteiger partial charge >= 0.3 is 35.5 Å². The van der Waals surface area contributed by atoms with Gasteiger partial charge in [-0.25, -0.2) is 0 Å². The van der Waals surface area contributed by atoms with Crippen LogP contribution >= 0.6 is 0 Å². The molecule has 0 rings (SSSR count). The van der Waals surface area contributed by atoms with Gasteiger partial charge in [0.2, 0.25) is 5.91 Å². The van der Waals surface area contributed by atoms with E-state index in [0.29, 0.717) is 6.42 Å². The van der Waals surface area contributed by atoms with E-state index in [1.54, 1.807) is 0 Å². The zero-order chi connectivity index (χ0) is 17.9. The Labute approximate surface area is 176 Å². The number of aliphatic carboxylic acids is 1. The van der Waals surface area contributed by atoms with Gasteiger partial charge in [-0.3, -0.25) is 9.59 Å². The van der Waals surface area contributed by atoms with E-state index in [1.807, 2.05) is 0 Å². The van der Waals surface area contributed by atoms with E-state index in [2.05, 4.69) is 24.4 Å². The van der Waals surface area contributed by atoms with Gasteiger partial charge < -0.3 is 10.4 Å². The van der Waals surface area contributed by atoms with Gasteiger partial charge in [0.1, 0.15) is 6.54 Å². The van der Waals surface area contributed by atoms with E-state index in [4.69, 9.17) is 5.11 Å². The minimum atomic E-state index is -0.993. The molecule has 0 saturated heterocycles. The maximum atomic E-state index is 11.3. The van der Waals surface area contributed by atoms with Crippen molar-refractivity contribution >= 4 is 41.4 Å². The summed E-state index contributed by atoms with van der Waals surface area (Å²) in [6, 6.07) is 0. The number of carboxylic acid groups (broad SMARTS) is 1.